The van der Waals surface area contributed by atoms with E-state index in [0.29, 0.717) is 17.8 Å². The van der Waals surface area contributed by atoms with Crippen molar-refractivity contribution >= 4 is 27.1 Å². The van der Waals surface area contributed by atoms with Gasteiger partial charge in [0.15, 0.2) is 5.75 Å². The number of nitrogens with zero attached hydrogens (tertiary/aromatic N) is 2. The molecule has 0 fully saturated rings. The van der Waals surface area contributed by atoms with Gasteiger partial charge in [-0.15, -0.1) is 0 Å². The minimum atomic E-state index is -4.96. The maximum absolute atomic E-state index is 12.8. The summed E-state index contributed by atoms with van der Waals surface area (Å²) in [5, 5.41) is 2.14. The molecule has 1 aliphatic rings. The molecule has 2 heterocycles. The van der Waals surface area contributed by atoms with Crippen molar-refractivity contribution in [2.75, 3.05) is 17.6 Å². The molecule has 0 aliphatic carbocycles. The monoisotopic (exact) mass is 532 g/mol. The van der Waals surface area contributed by atoms with Gasteiger partial charge in [0.1, 0.15) is 5.69 Å². The van der Waals surface area contributed by atoms with Crippen LogP contribution in [-0.4, -0.2) is 47.7 Å². The van der Waals surface area contributed by atoms with Crippen LogP contribution in [0.15, 0.2) is 53.8 Å². The number of halogens is 6. The third-order valence-corrected chi connectivity index (χ3v) is 6.97. The molecule has 0 atom stereocenters. The van der Waals surface area contributed by atoms with E-state index < -0.39 is 44.6 Å². The van der Waals surface area contributed by atoms with E-state index in [0.717, 1.165) is 29.5 Å². The molecule has 1 aromatic heterocycles. The lowest BCUT2D eigenvalue weighted by Crippen LogP contribution is -2.36. The number of alkyl halides is 6. The number of hydrogen-bond donors (Lipinski definition) is 2. The molecular formula is C22H18F6N4O3S. The van der Waals surface area contributed by atoms with Crippen molar-refractivity contribution in [1.29, 1.82) is 0 Å². The highest BCUT2D eigenvalue weighted by atomic mass is 32.2. The van der Waals surface area contributed by atoms with Gasteiger partial charge in [-0.3, -0.25) is 4.79 Å². The number of aromatic amines is 1. The second-order valence-corrected chi connectivity index (χ2v) is 9.99. The normalized spacial score (nSPS) is 14.4. The summed E-state index contributed by atoms with van der Waals surface area (Å²) in [6.45, 7) is 0.323. The van der Waals surface area contributed by atoms with Crippen molar-refractivity contribution in [2.24, 2.45) is 0 Å². The van der Waals surface area contributed by atoms with Gasteiger partial charge in [-0.1, -0.05) is 12.1 Å². The molecule has 4 rings (SSSR count). The van der Waals surface area contributed by atoms with E-state index in [2.05, 4.69) is 15.3 Å². The number of hydrogen-bond acceptors (Lipinski definition) is 5. The van der Waals surface area contributed by atoms with E-state index >= 15 is 0 Å². The molecule has 1 aliphatic heterocycles. The highest BCUT2D eigenvalue weighted by Gasteiger charge is 2.38. The molecule has 0 unspecified atom stereocenters. The SMILES string of the molecule is O=C(c1c[nH]c(S(=O)(=O)CC(F)(F)F)n1)N1CCc2c(cccc2Nc2ccc(C(F)(F)F)cc2)C1. The van der Waals surface area contributed by atoms with Crippen molar-refractivity contribution in [1.82, 2.24) is 14.9 Å². The maximum atomic E-state index is 12.8. The van der Waals surface area contributed by atoms with Crippen LogP contribution in [0.5, 0.6) is 0 Å². The molecule has 0 saturated carbocycles. The molecule has 1 amide bonds. The van der Waals surface area contributed by atoms with Gasteiger partial charge in [0.2, 0.25) is 15.0 Å². The van der Waals surface area contributed by atoms with Gasteiger partial charge in [0.05, 0.1) is 5.56 Å². The molecule has 0 spiro atoms. The number of carbonyl (C=O) groups is 1. The van der Waals surface area contributed by atoms with Crippen molar-refractivity contribution in [3.8, 4) is 0 Å². The second kappa shape index (κ2) is 9.15. The number of fused-ring (bicyclic) bond motifs is 1. The minimum Gasteiger partial charge on any atom is -0.355 e. The standard InChI is InChI=1S/C22H18F6N4O3S/c23-21(24,25)12-36(34,35)20-29-10-18(31-20)19(33)32-9-8-16-13(11-32)2-1-3-17(16)30-15-6-4-14(5-7-15)22(26,27)28/h1-7,10,30H,8-9,11-12H2,(H,29,31). The van der Waals surface area contributed by atoms with Crippen molar-refractivity contribution in [3.63, 3.8) is 0 Å². The molecule has 36 heavy (non-hydrogen) atoms. The van der Waals surface area contributed by atoms with Gasteiger partial charge in [0.25, 0.3) is 5.91 Å². The Bertz CT molecular complexity index is 1380. The summed E-state index contributed by atoms with van der Waals surface area (Å²) < 4.78 is 99.7. The van der Waals surface area contributed by atoms with Crippen LogP contribution >= 0.6 is 0 Å². The van der Waals surface area contributed by atoms with E-state index in [9.17, 15) is 39.6 Å². The van der Waals surface area contributed by atoms with Crippen LogP contribution in [0.2, 0.25) is 0 Å². The summed E-state index contributed by atoms with van der Waals surface area (Å²) in [4.78, 5) is 19.9. The highest BCUT2D eigenvalue weighted by Crippen LogP contribution is 2.32. The Kier molecular flexibility index (Phi) is 6.49. The Balaban J connectivity index is 1.48. The first kappa shape index (κ1) is 25.5. The van der Waals surface area contributed by atoms with Crippen molar-refractivity contribution in [2.45, 2.75) is 30.5 Å². The summed E-state index contributed by atoms with van der Waals surface area (Å²) in [5.74, 6) is -2.76. The van der Waals surface area contributed by atoms with Gasteiger partial charge in [-0.2, -0.15) is 26.3 Å². The molecule has 2 N–H and O–H groups in total. The summed E-state index contributed by atoms with van der Waals surface area (Å²) in [6.07, 6.45) is -8.09. The van der Waals surface area contributed by atoms with E-state index in [1.165, 1.54) is 17.0 Å². The summed E-state index contributed by atoms with van der Waals surface area (Å²) in [6, 6.07) is 9.76. The van der Waals surface area contributed by atoms with Gasteiger partial charge < -0.3 is 15.2 Å². The van der Waals surface area contributed by atoms with Crippen LogP contribution in [0.25, 0.3) is 0 Å². The second-order valence-electron chi connectivity index (χ2n) is 8.09. The lowest BCUT2D eigenvalue weighted by atomic mass is 9.97. The fourth-order valence-electron chi connectivity index (χ4n) is 3.82. The Morgan fingerprint density at radius 3 is 2.39 bits per heavy atom. The van der Waals surface area contributed by atoms with E-state index in [4.69, 9.17) is 0 Å². The Labute approximate surface area is 201 Å². The van der Waals surface area contributed by atoms with E-state index in [-0.39, 0.29) is 18.8 Å². The first-order valence-electron chi connectivity index (χ1n) is 10.4. The summed E-state index contributed by atoms with van der Waals surface area (Å²) in [7, 11) is -4.79. The number of H-pyrrole nitrogens is 1. The fraction of sp³-hybridized carbons (Fsp3) is 0.273. The zero-order valence-electron chi connectivity index (χ0n) is 18.2. The molecule has 0 radical (unpaired) electrons. The van der Waals surface area contributed by atoms with Crippen LogP contribution in [0, 0.1) is 0 Å². The molecule has 3 aromatic rings. The predicted octanol–water partition coefficient (Wildman–Crippen LogP) is 4.71. The highest BCUT2D eigenvalue weighted by molar-refractivity contribution is 7.91. The molecule has 14 heteroatoms. The molecular weight excluding hydrogens is 514 g/mol. The molecule has 192 valence electrons. The van der Waals surface area contributed by atoms with Gasteiger partial charge in [0, 0.05) is 30.7 Å². The first-order valence-corrected chi connectivity index (χ1v) is 12.1. The van der Waals surface area contributed by atoms with E-state index in [1.54, 1.807) is 18.2 Å². The van der Waals surface area contributed by atoms with Crippen LogP contribution in [0.3, 0.4) is 0 Å². The lowest BCUT2D eigenvalue weighted by Gasteiger charge is -2.30. The number of anilines is 2. The number of amides is 1. The third-order valence-electron chi connectivity index (χ3n) is 5.47. The first-order chi connectivity index (χ1) is 16.7. The van der Waals surface area contributed by atoms with Crippen LogP contribution in [0.4, 0.5) is 37.7 Å². The molecule has 7 nitrogen and oxygen atoms in total. The number of imidazole rings is 1. The van der Waals surface area contributed by atoms with Crippen LogP contribution < -0.4 is 5.32 Å². The average molecular weight is 532 g/mol. The number of benzene rings is 2. The zero-order valence-corrected chi connectivity index (χ0v) is 19.1. The van der Waals surface area contributed by atoms with Crippen molar-refractivity contribution in [3.05, 3.63) is 71.0 Å². The Morgan fingerprint density at radius 2 is 1.75 bits per heavy atom. The summed E-state index contributed by atoms with van der Waals surface area (Å²) in [5.41, 5.74) is 1.57. The Morgan fingerprint density at radius 1 is 1.06 bits per heavy atom. The van der Waals surface area contributed by atoms with Crippen molar-refractivity contribution < 1.29 is 39.6 Å². The quantitative estimate of drug-likeness (QED) is 0.465. The molecule has 0 bridgehead atoms. The topological polar surface area (TPSA) is 95.2 Å². The van der Waals surface area contributed by atoms with E-state index in [1.807, 2.05) is 0 Å². The van der Waals surface area contributed by atoms with Crippen LogP contribution in [-0.2, 0) is 29.0 Å². The molecule has 2 aromatic carbocycles. The predicted molar refractivity (Wildman–Crippen MR) is 116 cm³/mol. The van der Waals surface area contributed by atoms with Gasteiger partial charge in [-0.25, -0.2) is 13.4 Å². The maximum Gasteiger partial charge on any atom is 0.416 e. The zero-order chi connectivity index (χ0) is 26.3. The lowest BCUT2D eigenvalue weighted by molar-refractivity contribution is -0.137. The molecule has 0 saturated heterocycles. The largest absolute Gasteiger partial charge is 0.416 e. The fourth-order valence-corrected chi connectivity index (χ4v) is 4.86. The Hall–Kier alpha value is -3.55. The van der Waals surface area contributed by atoms with Gasteiger partial charge >= 0.3 is 12.4 Å². The smallest absolute Gasteiger partial charge is 0.355 e. The van der Waals surface area contributed by atoms with Crippen LogP contribution in [0.1, 0.15) is 27.2 Å². The number of carbonyl (C=O) groups excluding carboxylic acids is 1. The van der Waals surface area contributed by atoms with Gasteiger partial charge in [-0.05, 0) is 47.9 Å². The number of aromatic nitrogens is 2. The summed E-state index contributed by atoms with van der Waals surface area (Å²) >= 11 is 0. The number of nitrogens with one attached hydrogen (secondary N) is 2. The number of sulfone groups is 1. The third kappa shape index (κ3) is 5.64. The average Bonchev–Trinajstić information content (AvgIpc) is 3.28. The minimum absolute atomic E-state index is 0.119. The number of rotatable bonds is 5.